The van der Waals surface area contributed by atoms with Gasteiger partial charge < -0.3 is 9.80 Å². The molecule has 2 heterocycles. The first-order chi connectivity index (χ1) is 8.09. The van der Waals surface area contributed by atoms with Crippen molar-refractivity contribution < 1.29 is 0 Å². The van der Waals surface area contributed by atoms with Crippen molar-refractivity contribution in [2.45, 2.75) is 25.8 Å². The maximum Gasteiger partial charge on any atom is 0.137 e. The Bertz CT molecular complexity index is 386. The molecule has 17 heavy (non-hydrogen) atoms. The van der Waals surface area contributed by atoms with Gasteiger partial charge in [0.25, 0.3) is 0 Å². The van der Waals surface area contributed by atoms with E-state index in [1.165, 1.54) is 12.8 Å². The fourth-order valence-electron chi connectivity index (χ4n) is 2.33. The Hall–Kier alpha value is -0.870. The average molecular weight is 255 g/mol. The van der Waals surface area contributed by atoms with Crippen molar-refractivity contribution in [3.8, 4) is 0 Å². The second-order valence-electron chi connectivity index (χ2n) is 4.79. The summed E-state index contributed by atoms with van der Waals surface area (Å²) in [7, 11) is 4.29. The molecule has 0 bridgehead atoms. The molecule has 4 nitrogen and oxygen atoms in total. The molecule has 1 aromatic rings. The molecule has 1 aromatic heterocycles. The lowest BCUT2D eigenvalue weighted by Crippen LogP contribution is -2.42. The first kappa shape index (κ1) is 12.6. The van der Waals surface area contributed by atoms with Crippen LogP contribution in [0, 0.1) is 6.92 Å². The standard InChI is InChI=1S/C12H19ClN4/c1-9-11(13)14-8-15-12(9)17-6-4-10(5-7-17)16(2)3/h8,10H,4-7H2,1-3H3. The molecule has 0 N–H and O–H groups in total. The van der Waals surface area contributed by atoms with Crippen LogP contribution in [0.3, 0.4) is 0 Å². The number of halogens is 1. The van der Waals surface area contributed by atoms with Gasteiger partial charge in [0.15, 0.2) is 0 Å². The zero-order chi connectivity index (χ0) is 12.4. The molecule has 0 aliphatic carbocycles. The first-order valence-corrected chi connectivity index (χ1v) is 6.36. The van der Waals surface area contributed by atoms with E-state index in [0.29, 0.717) is 11.2 Å². The van der Waals surface area contributed by atoms with Gasteiger partial charge in [-0.15, -0.1) is 0 Å². The highest BCUT2D eigenvalue weighted by Crippen LogP contribution is 2.25. The van der Waals surface area contributed by atoms with Crippen LogP contribution in [-0.4, -0.2) is 48.1 Å². The largest absolute Gasteiger partial charge is 0.356 e. The minimum atomic E-state index is 0.560. The summed E-state index contributed by atoms with van der Waals surface area (Å²) in [6, 6.07) is 0.684. The van der Waals surface area contributed by atoms with Crippen molar-refractivity contribution in [1.29, 1.82) is 0 Å². The summed E-state index contributed by atoms with van der Waals surface area (Å²) < 4.78 is 0. The van der Waals surface area contributed by atoms with Crippen molar-refractivity contribution in [3.05, 3.63) is 17.0 Å². The molecule has 5 heteroatoms. The normalized spacial score (nSPS) is 17.8. The van der Waals surface area contributed by atoms with E-state index < -0.39 is 0 Å². The molecule has 0 aromatic carbocycles. The SMILES string of the molecule is Cc1c(Cl)ncnc1N1CCC(N(C)C)CC1. The summed E-state index contributed by atoms with van der Waals surface area (Å²) in [5, 5.41) is 0.560. The van der Waals surface area contributed by atoms with E-state index in [1.807, 2.05) is 6.92 Å². The number of anilines is 1. The van der Waals surface area contributed by atoms with Gasteiger partial charge in [0.05, 0.1) is 0 Å². The molecule has 0 spiro atoms. The number of rotatable bonds is 2. The third-order valence-electron chi connectivity index (χ3n) is 3.49. The van der Waals surface area contributed by atoms with E-state index in [0.717, 1.165) is 24.5 Å². The molecule has 0 amide bonds. The molecule has 0 unspecified atom stereocenters. The van der Waals surface area contributed by atoms with Crippen LogP contribution in [-0.2, 0) is 0 Å². The lowest BCUT2D eigenvalue weighted by Gasteiger charge is -2.36. The highest BCUT2D eigenvalue weighted by molar-refractivity contribution is 6.30. The second kappa shape index (κ2) is 5.19. The number of nitrogens with zero attached hydrogens (tertiary/aromatic N) is 4. The summed E-state index contributed by atoms with van der Waals surface area (Å²) in [6.07, 6.45) is 3.89. The van der Waals surface area contributed by atoms with Crippen molar-refractivity contribution >= 4 is 17.4 Å². The fraction of sp³-hybridized carbons (Fsp3) is 0.667. The predicted octanol–water partition coefficient (Wildman–Crippen LogP) is 1.97. The molecule has 1 fully saturated rings. The van der Waals surface area contributed by atoms with Gasteiger partial charge >= 0.3 is 0 Å². The van der Waals surface area contributed by atoms with Gasteiger partial charge in [-0.05, 0) is 33.9 Å². The third-order valence-corrected chi connectivity index (χ3v) is 3.87. The highest BCUT2D eigenvalue weighted by atomic mass is 35.5. The van der Waals surface area contributed by atoms with E-state index in [2.05, 4.69) is 33.9 Å². The van der Waals surface area contributed by atoms with Gasteiger partial charge in [0, 0.05) is 24.7 Å². The third kappa shape index (κ3) is 2.69. The molecule has 1 saturated heterocycles. The van der Waals surface area contributed by atoms with Crippen LogP contribution in [0.2, 0.25) is 5.15 Å². The maximum absolute atomic E-state index is 6.03. The smallest absolute Gasteiger partial charge is 0.137 e. The molecule has 94 valence electrons. The van der Waals surface area contributed by atoms with E-state index in [1.54, 1.807) is 6.33 Å². The van der Waals surface area contributed by atoms with Gasteiger partial charge in [0.1, 0.15) is 17.3 Å². The van der Waals surface area contributed by atoms with Crippen molar-refractivity contribution in [1.82, 2.24) is 14.9 Å². The Labute approximate surface area is 108 Å². The zero-order valence-electron chi connectivity index (χ0n) is 10.6. The zero-order valence-corrected chi connectivity index (χ0v) is 11.4. The number of aromatic nitrogens is 2. The molecular weight excluding hydrogens is 236 g/mol. The lowest BCUT2D eigenvalue weighted by atomic mass is 10.0. The van der Waals surface area contributed by atoms with E-state index in [4.69, 9.17) is 11.6 Å². The minimum absolute atomic E-state index is 0.560. The number of hydrogen-bond donors (Lipinski definition) is 0. The first-order valence-electron chi connectivity index (χ1n) is 5.98. The number of hydrogen-bond acceptors (Lipinski definition) is 4. The predicted molar refractivity (Wildman–Crippen MR) is 70.7 cm³/mol. The summed E-state index contributed by atoms with van der Waals surface area (Å²) in [5.74, 6) is 0.988. The van der Waals surface area contributed by atoms with Crippen LogP contribution in [0.25, 0.3) is 0 Å². The highest BCUT2D eigenvalue weighted by Gasteiger charge is 2.22. The topological polar surface area (TPSA) is 32.3 Å². The molecular formula is C12H19ClN4. The van der Waals surface area contributed by atoms with Crippen LogP contribution in [0.4, 0.5) is 5.82 Å². The Kier molecular flexibility index (Phi) is 3.84. The van der Waals surface area contributed by atoms with E-state index in [-0.39, 0.29) is 0 Å². The van der Waals surface area contributed by atoms with Gasteiger partial charge in [-0.25, -0.2) is 9.97 Å². The monoisotopic (exact) mass is 254 g/mol. The van der Waals surface area contributed by atoms with Crippen LogP contribution in [0.1, 0.15) is 18.4 Å². The van der Waals surface area contributed by atoms with Gasteiger partial charge in [-0.1, -0.05) is 11.6 Å². The molecule has 1 aliphatic heterocycles. The molecule has 0 atom stereocenters. The van der Waals surface area contributed by atoms with Gasteiger partial charge in [0.2, 0.25) is 0 Å². The minimum Gasteiger partial charge on any atom is -0.356 e. The van der Waals surface area contributed by atoms with Crippen LogP contribution in [0.15, 0.2) is 6.33 Å². The summed E-state index contributed by atoms with van der Waals surface area (Å²) in [6.45, 7) is 4.06. The molecule has 0 saturated carbocycles. The quantitative estimate of drug-likeness (QED) is 0.756. The van der Waals surface area contributed by atoms with Crippen molar-refractivity contribution in [3.63, 3.8) is 0 Å². The Balaban J connectivity index is 2.08. The summed E-state index contributed by atoms with van der Waals surface area (Å²) >= 11 is 6.03. The van der Waals surface area contributed by atoms with E-state index in [9.17, 15) is 0 Å². The Morgan fingerprint density at radius 3 is 2.53 bits per heavy atom. The molecule has 1 aliphatic rings. The summed E-state index contributed by atoms with van der Waals surface area (Å²) in [4.78, 5) is 13.0. The lowest BCUT2D eigenvalue weighted by molar-refractivity contribution is 0.249. The van der Waals surface area contributed by atoms with Crippen LogP contribution in [0.5, 0.6) is 0 Å². The number of piperidine rings is 1. The van der Waals surface area contributed by atoms with Crippen LogP contribution >= 0.6 is 11.6 Å². The van der Waals surface area contributed by atoms with Crippen molar-refractivity contribution in [2.75, 3.05) is 32.1 Å². The maximum atomic E-state index is 6.03. The Morgan fingerprint density at radius 1 is 1.29 bits per heavy atom. The van der Waals surface area contributed by atoms with E-state index >= 15 is 0 Å². The van der Waals surface area contributed by atoms with Gasteiger partial charge in [-0.3, -0.25) is 0 Å². The Morgan fingerprint density at radius 2 is 1.94 bits per heavy atom. The molecule has 0 radical (unpaired) electrons. The van der Waals surface area contributed by atoms with Crippen molar-refractivity contribution in [2.24, 2.45) is 0 Å². The van der Waals surface area contributed by atoms with Crippen LogP contribution < -0.4 is 4.90 Å². The second-order valence-corrected chi connectivity index (χ2v) is 5.15. The average Bonchev–Trinajstić information content (AvgIpc) is 2.33. The fourth-order valence-corrected chi connectivity index (χ4v) is 2.46. The summed E-state index contributed by atoms with van der Waals surface area (Å²) in [5.41, 5.74) is 0.984. The van der Waals surface area contributed by atoms with Gasteiger partial charge in [-0.2, -0.15) is 0 Å². The molecule has 2 rings (SSSR count).